The molecule has 25 heavy (non-hydrogen) atoms. The molecule has 3 aromatic rings. The van der Waals surface area contributed by atoms with Gasteiger partial charge in [0, 0.05) is 24.0 Å². The van der Waals surface area contributed by atoms with Crippen LogP contribution in [-0.2, 0) is 6.54 Å². The Balaban J connectivity index is 2.16. The predicted octanol–water partition coefficient (Wildman–Crippen LogP) is 3.39. The minimum absolute atomic E-state index is 0.127. The molecule has 1 aliphatic heterocycles. The number of para-hydroxylation sites is 1. The molecular weight excluding hydrogens is 321 g/mol. The van der Waals surface area contributed by atoms with Gasteiger partial charge in [0.25, 0.3) is 5.91 Å². The molecular formula is C19H16FN3O2. The van der Waals surface area contributed by atoms with Gasteiger partial charge in [-0.1, -0.05) is 17.3 Å². The van der Waals surface area contributed by atoms with Gasteiger partial charge >= 0.3 is 0 Å². The van der Waals surface area contributed by atoms with Gasteiger partial charge in [0.1, 0.15) is 5.82 Å². The van der Waals surface area contributed by atoms with E-state index in [9.17, 15) is 14.4 Å². The molecule has 0 saturated heterocycles. The van der Waals surface area contributed by atoms with Crippen molar-refractivity contribution in [2.24, 2.45) is 5.16 Å². The Morgan fingerprint density at radius 3 is 2.72 bits per heavy atom. The van der Waals surface area contributed by atoms with Crippen LogP contribution in [0.3, 0.4) is 0 Å². The summed E-state index contributed by atoms with van der Waals surface area (Å²) in [5.41, 5.74) is 4.19. The number of rotatable bonds is 2. The van der Waals surface area contributed by atoms with Gasteiger partial charge in [0.2, 0.25) is 0 Å². The van der Waals surface area contributed by atoms with E-state index >= 15 is 0 Å². The second-order valence-corrected chi connectivity index (χ2v) is 6.03. The summed E-state index contributed by atoms with van der Waals surface area (Å²) < 4.78 is 15.4. The van der Waals surface area contributed by atoms with Gasteiger partial charge in [-0.15, -0.1) is 0 Å². The van der Waals surface area contributed by atoms with E-state index in [1.54, 1.807) is 25.1 Å². The molecule has 0 bridgehead atoms. The molecule has 2 aromatic carbocycles. The zero-order valence-corrected chi connectivity index (χ0v) is 13.6. The predicted molar refractivity (Wildman–Crippen MR) is 93.7 cm³/mol. The molecule has 0 spiro atoms. The number of halogens is 1. The summed E-state index contributed by atoms with van der Waals surface area (Å²) in [6, 6.07) is 11.7. The first-order chi connectivity index (χ1) is 12.1. The van der Waals surface area contributed by atoms with Crippen molar-refractivity contribution in [1.82, 2.24) is 9.88 Å². The summed E-state index contributed by atoms with van der Waals surface area (Å²) in [5, 5.41) is 16.5. The number of hydrogen-bond donors (Lipinski definition) is 2. The minimum Gasteiger partial charge on any atom is -0.411 e. The van der Waals surface area contributed by atoms with Crippen LogP contribution in [0.2, 0.25) is 0 Å². The van der Waals surface area contributed by atoms with Crippen molar-refractivity contribution in [2.75, 3.05) is 6.54 Å². The molecule has 1 amide bonds. The van der Waals surface area contributed by atoms with Crippen molar-refractivity contribution in [1.29, 1.82) is 0 Å². The number of benzene rings is 2. The fraction of sp³-hybridized carbons (Fsp3) is 0.158. The summed E-state index contributed by atoms with van der Waals surface area (Å²) in [6.45, 7) is 2.77. The SMILES string of the molecule is C/C(=N/O)c1c(-c2ccc(F)cc2)n2c3c(cccc13)C(=O)NCC2. The Kier molecular flexibility index (Phi) is 3.53. The number of aromatic nitrogens is 1. The first-order valence-electron chi connectivity index (χ1n) is 8.00. The summed E-state index contributed by atoms with van der Waals surface area (Å²) in [5.74, 6) is -0.444. The first kappa shape index (κ1) is 15.4. The molecule has 0 unspecified atom stereocenters. The van der Waals surface area contributed by atoms with Gasteiger partial charge in [0.05, 0.1) is 22.5 Å². The monoisotopic (exact) mass is 337 g/mol. The van der Waals surface area contributed by atoms with E-state index in [4.69, 9.17) is 0 Å². The minimum atomic E-state index is -0.317. The molecule has 0 radical (unpaired) electrons. The van der Waals surface area contributed by atoms with Gasteiger partial charge in [0.15, 0.2) is 0 Å². The highest BCUT2D eigenvalue weighted by atomic mass is 19.1. The van der Waals surface area contributed by atoms with Crippen molar-refractivity contribution in [2.45, 2.75) is 13.5 Å². The first-order valence-corrected chi connectivity index (χ1v) is 8.00. The van der Waals surface area contributed by atoms with E-state index in [1.807, 2.05) is 16.7 Å². The van der Waals surface area contributed by atoms with Gasteiger partial charge in [-0.2, -0.15) is 0 Å². The number of hydrogen-bond acceptors (Lipinski definition) is 3. The third kappa shape index (κ3) is 2.29. The van der Waals surface area contributed by atoms with Crippen molar-refractivity contribution >= 4 is 22.5 Å². The van der Waals surface area contributed by atoms with E-state index < -0.39 is 0 Å². The van der Waals surface area contributed by atoms with Crippen molar-refractivity contribution in [3.8, 4) is 11.3 Å². The molecule has 0 aliphatic carbocycles. The van der Waals surface area contributed by atoms with Crippen LogP contribution in [0, 0.1) is 5.82 Å². The number of amides is 1. The maximum atomic E-state index is 13.4. The van der Waals surface area contributed by atoms with Crippen LogP contribution < -0.4 is 5.32 Å². The largest absolute Gasteiger partial charge is 0.411 e. The summed E-state index contributed by atoms with van der Waals surface area (Å²) in [7, 11) is 0. The molecule has 2 heterocycles. The average molecular weight is 337 g/mol. The second kappa shape index (κ2) is 5.73. The van der Waals surface area contributed by atoms with E-state index in [-0.39, 0.29) is 11.7 Å². The fourth-order valence-corrected chi connectivity index (χ4v) is 3.52. The van der Waals surface area contributed by atoms with Gasteiger partial charge in [-0.05, 0) is 42.8 Å². The van der Waals surface area contributed by atoms with Crippen molar-refractivity contribution < 1.29 is 14.4 Å². The van der Waals surface area contributed by atoms with Crippen molar-refractivity contribution in [3.05, 3.63) is 59.4 Å². The number of carbonyl (C=O) groups excluding carboxylic acids is 1. The highest BCUT2D eigenvalue weighted by Gasteiger charge is 2.26. The van der Waals surface area contributed by atoms with Gasteiger partial charge in [-0.25, -0.2) is 4.39 Å². The van der Waals surface area contributed by atoms with Crippen molar-refractivity contribution in [3.63, 3.8) is 0 Å². The lowest BCUT2D eigenvalue weighted by atomic mass is 10.0. The summed E-state index contributed by atoms with van der Waals surface area (Å²) in [4.78, 5) is 12.4. The molecule has 126 valence electrons. The lowest BCUT2D eigenvalue weighted by molar-refractivity contribution is 0.0956. The lowest BCUT2D eigenvalue weighted by Gasteiger charge is -2.11. The van der Waals surface area contributed by atoms with Crippen LogP contribution in [-0.4, -0.2) is 27.9 Å². The standard InChI is InChI=1S/C19H16FN3O2/c1-11(22-25)16-14-3-2-4-15-18(14)23(10-9-21-19(15)24)17(16)12-5-7-13(20)8-6-12/h2-8,25H,9-10H2,1H3,(H,21,24)/b22-11-. The van der Waals surface area contributed by atoms with E-state index in [1.165, 1.54) is 12.1 Å². The Morgan fingerprint density at radius 1 is 1.24 bits per heavy atom. The van der Waals surface area contributed by atoms with Crippen LogP contribution >= 0.6 is 0 Å². The van der Waals surface area contributed by atoms with E-state index in [2.05, 4.69) is 10.5 Å². The molecule has 1 aromatic heterocycles. The van der Waals surface area contributed by atoms with E-state index in [0.717, 1.165) is 27.7 Å². The average Bonchev–Trinajstić information content (AvgIpc) is 2.86. The zero-order chi connectivity index (χ0) is 17.6. The maximum absolute atomic E-state index is 13.4. The molecule has 1 aliphatic rings. The van der Waals surface area contributed by atoms with Gasteiger partial charge < -0.3 is 15.1 Å². The Morgan fingerprint density at radius 2 is 2.00 bits per heavy atom. The Labute approximate surface area is 143 Å². The topological polar surface area (TPSA) is 66.6 Å². The molecule has 5 nitrogen and oxygen atoms in total. The van der Waals surface area contributed by atoms with Gasteiger partial charge in [-0.3, -0.25) is 4.79 Å². The number of oxime groups is 1. The third-order valence-electron chi connectivity index (χ3n) is 4.58. The molecule has 2 N–H and O–H groups in total. The quantitative estimate of drug-likeness (QED) is 0.428. The molecule has 0 saturated carbocycles. The highest BCUT2D eigenvalue weighted by Crippen LogP contribution is 2.36. The van der Waals surface area contributed by atoms with Crippen LogP contribution in [0.1, 0.15) is 22.8 Å². The third-order valence-corrected chi connectivity index (χ3v) is 4.58. The number of carbonyl (C=O) groups is 1. The van der Waals surface area contributed by atoms with Crippen LogP contribution in [0.15, 0.2) is 47.6 Å². The Bertz CT molecular complexity index is 1020. The van der Waals surface area contributed by atoms with E-state index in [0.29, 0.717) is 24.4 Å². The molecule has 0 fully saturated rings. The molecule has 6 heteroatoms. The smallest absolute Gasteiger partial charge is 0.253 e. The highest BCUT2D eigenvalue weighted by molar-refractivity contribution is 6.18. The molecule has 0 atom stereocenters. The summed E-state index contributed by atoms with van der Waals surface area (Å²) >= 11 is 0. The second-order valence-electron chi connectivity index (χ2n) is 6.03. The Hall–Kier alpha value is -3.15. The van der Waals surface area contributed by atoms with Crippen LogP contribution in [0.5, 0.6) is 0 Å². The number of nitrogens with one attached hydrogen (secondary N) is 1. The zero-order valence-electron chi connectivity index (χ0n) is 13.6. The lowest BCUT2D eigenvalue weighted by Crippen LogP contribution is -2.24. The maximum Gasteiger partial charge on any atom is 0.253 e. The summed E-state index contributed by atoms with van der Waals surface area (Å²) in [6.07, 6.45) is 0. The normalized spacial score (nSPS) is 14.5. The van der Waals surface area contributed by atoms with Crippen LogP contribution in [0.25, 0.3) is 22.2 Å². The molecule has 4 rings (SSSR count). The van der Waals surface area contributed by atoms with Crippen LogP contribution in [0.4, 0.5) is 4.39 Å². The number of nitrogens with zero attached hydrogens (tertiary/aromatic N) is 2. The fourth-order valence-electron chi connectivity index (χ4n) is 3.52.